The number of hydrogen-bond acceptors (Lipinski definition) is 4. The van der Waals surface area contributed by atoms with E-state index in [1.807, 2.05) is 29.8 Å². The van der Waals surface area contributed by atoms with Gasteiger partial charge in [-0.2, -0.15) is 0 Å². The van der Waals surface area contributed by atoms with Gasteiger partial charge in [-0.15, -0.1) is 0 Å². The van der Waals surface area contributed by atoms with Gasteiger partial charge in [-0.1, -0.05) is 35.9 Å². The van der Waals surface area contributed by atoms with Gasteiger partial charge in [-0.05, 0) is 37.3 Å². The molecule has 0 aliphatic heterocycles. The Kier molecular flexibility index (Phi) is 4.33. The molecule has 6 nitrogen and oxygen atoms in total. The summed E-state index contributed by atoms with van der Waals surface area (Å²) < 4.78 is 29.4. The Morgan fingerprint density at radius 3 is 2.48 bits per heavy atom. The van der Waals surface area contributed by atoms with Gasteiger partial charge in [0, 0.05) is 29.3 Å². The van der Waals surface area contributed by atoms with Crippen molar-refractivity contribution < 1.29 is 8.42 Å². The zero-order valence-corrected chi connectivity index (χ0v) is 15.9. The third-order valence-electron chi connectivity index (χ3n) is 4.02. The van der Waals surface area contributed by atoms with Crippen LogP contribution in [0.15, 0.2) is 71.9 Å². The Labute approximate surface area is 161 Å². The smallest absolute Gasteiger partial charge is 0.263 e. The third-order valence-corrected chi connectivity index (χ3v) is 5.91. The number of anilines is 1. The number of aryl methyl sites for hydroxylation is 1. The summed E-state index contributed by atoms with van der Waals surface area (Å²) >= 11 is 5.99. The van der Waals surface area contributed by atoms with Crippen molar-refractivity contribution in [3.8, 4) is 11.3 Å². The van der Waals surface area contributed by atoms with Crippen molar-refractivity contribution in [3.63, 3.8) is 0 Å². The Morgan fingerprint density at radius 2 is 1.74 bits per heavy atom. The summed E-state index contributed by atoms with van der Waals surface area (Å²) in [4.78, 5) is 8.92. The molecule has 4 aromatic rings. The molecule has 27 heavy (non-hydrogen) atoms. The Hall–Kier alpha value is -2.90. The van der Waals surface area contributed by atoms with Gasteiger partial charge in [0.2, 0.25) is 5.78 Å². The lowest BCUT2D eigenvalue weighted by molar-refractivity contribution is 0.601. The van der Waals surface area contributed by atoms with Crippen molar-refractivity contribution >= 4 is 33.1 Å². The largest absolute Gasteiger partial charge is 0.291 e. The normalized spacial score (nSPS) is 11.6. The molecule has 0 spiro atoms. The van der Waals surface area contributed by atoms with Gasteiger partial charge in [0.1, 0.15) is 4.90 Å². The fourth-order valence-electron chi connectivity index (χ4n) is 2.68. The molecule has 1 N–H and O–H groups in total. The van der Waals surface area contributed by atoms with Gasteiger partial charge >= 0.3 is 0 Å². The molecule has 2 aromatic heterocycles. The molecule has 136 valence electrons. The molecule has 0 atom stereocenters. The number of nitrogens with zero attached hydrogens (tertiary/aromatic N) is 3. The summed E-state index contributed by atoms with van der Waals surface area (Å²) in [5.41, 5.74) is 2.95. The van der Waals surface area contributed by atoms with Crippen molar-refractivity contribution in [1.29, 1.82) is 0 Å². The van der Waals surface area contributed by atoms with Crippen LogP contribution in [0.5, 0.6) is 0 Å². The molecule has 0 saturated heterocycles. The van der Waals surface area contributed by atoms with Crippen LogP contribution in [-0.4, -0.2) is 22.8 Å². The summed E-state index contributed by atoms with van der Waals surface area (Å²) in [5.74, 6) is 0.619. The van der Waals surface area contributed by atoms with E-state index in [4.69, 9.17) is 11.6 Å². The fraction of sp³-hybridized carbons (Fsp3) is 0.0526. The average molecular weight is 399 g/mol. The summed E-state index contributed by atoms with van der Waals surface area (Å²) in [6.07, 6.45) is 3.78. The first-order valence-electron chi connectivity index (χ1n) is 8.12. The number of aromatic nitrogens is 3. The second-order valence-corrected chi connectivity index (χ2v) is 8.07. The topological polar surface area (TPSA) is 76.4 Å². The van der Waals surface area contributed by atoms with Crippen molar-refractivity contribution in [2.45, 2.75) is 11.8 Å². The van der Waals surface area contributed by atoms with E-state index in [0.29, 0.717) is 11.5 Å². The molecule has 0 amide bonds. The minimum atomic E-state index is -3.76. The highest BCUT2D eigenvalue weighted by Crippen LogP contribution is 2.25. The van der Waals surface area contributed by atoms with Crippen LogP contribution < -0.4 is 4.72 Å². The number of nitrogens with one attached hydrogen (secondary N) is 1. The minimum absolute atomic E-state index is 0.0394. The number of fused-ring (bicyclic) bond motifs is 1. The van der Waals surface area contributed by atoms with Crippen molar-refractivity contribution in [3.05, 3.63) is 77.7 Å². The number of imidazole rings is 1. The lowest BCUT2D eigenvalue weighted by atomic mass is 10.1. The fourth-order valence-corrected chi connectivity index (χ4v) is 4.26. The zero-order chi connectivity index (χ0) is 19.0. The summed E-state index contributed by atoms with van der Waals surface area (Å²) in [6, 6.07) is 15.2. The Bertz CT molecular complexity index is 1230. The van der Waals surface area contributed by atoms with Crippen LogP contribution in [0.4, 0.5) is 5.69 Å². The predicted octanol–water partition coefficient (Wildman–Crippen LogP) is 4.16. The zero-order valence-electron chi connectivity index (χ0n) is 14.3. The molecule has 0 unspecified atom stereocenters. The van der Waals surface area contributed by atoms with E-state index in [-0.39, 0.29) is 9.92 Å². The lowest BCUT2D eigenvalue weighted by Gasteiger charge is -2.09. The Morgan fingerprint density at radius 1 is 1.00 bits per heavy atom. The highest BCUT2D eigenvalue weighted by atomic mass is 35.5. The van der Waals surface area contributed by atoms with E-state index < -0.39 is 10.0 Å². The van der Waals surface area contributed by atoms with Crippen LogP contribution in [0.3, 0.4) is 0 Å². The van der Waals surface area contributed by atoms with Gasteiger partial charge < -0.3 is 0 Å². The molecule has 4 rings (SSSR count). The second-order valence-electron chi connectivity index (χ2n) is 6.02. The quantitative estimate of drug-likeness (QED) is 0.560. The van der Waals surface area contributed by atoms with E-state index in [1.54, 1.807) is 42.5 Å². The summed E-state index contributed by atoms with van der Waals surface area (Å²) in [7, 11) is -3.76. The monoisotopic (exact) mass is 398 g/mol. The maximum atomic E-state index is 12.5. The van der Waals surface area contributed by atoms with Gasteiger partial charge in [-0.3, -0.25) is 9.12 Å². The van der Waals surface area contributed by atoms with E-state index in [0.717, 1.165) is 17.0 Å². The van der Waals surface area contributed by atoms with Gasteiger partial charge in [0.05, 0.1) is 10.7 Å². The molecule has 2 heterocycles. The lowest BCUT2D eigenvalue weighted by Crippen LogP contribution is -2.13. The van der Waals surface area contributed by atoms with Crippen LogP contribution in [0, 0.1) is 6.92 Å². The van der Waals surface area contributed by atoms with Crippen molar-refractivity contribution in [2.24, 2.45) is 0 Å². The highest BCUT2D eigenvalue weighted by Gasteiger charge is 2.17. The van der Waals surface area contributed by atoms with Gasteiger partial charge in [0.15, 0.2) is 0 Å². The first kappa shape index (κ1) is 17.5. The highest BCUT2D eigenvalue weighted by molar-refractivity contribution is 7.92. The third kappa shape index (κ3) is 3.51. The van der Waals surface area contributed by atoms with Crippen LogP contribution in [0.1, 0.15) is 5.69 Å². The molecule has 0 saturated carbocycles. The first-order chi connectivity index (χ1) is 12.9. The summed E-state index contributed by atoms with van der Waals surface area (Å²) in [5, 5.41) is 0.175. The number of benzene rings is 2. The number of halogens is 1. The number of rotatable bonds is 4. The number of sulfonamides is 1. The van der Waals surface area contributed by atoms with Crippen molar-refractivity contribution in [1.82, 2.24) is 14.4 Å². The minimum Gasteiger partial charge on any atom is -0.291 e. The van der Waals surface area contributed by atoms with Crippen molar-refractivity contribution in [2.75, 3.05) is 4.72 Å². The van der Waals surface area contributed by atoms with E-state index in [9.17, 15) is 8.42 Å². The van der Waals surface area contributed by atoms with E-state index >= 15 is 0 Å². The maximum Gasteiger partial charge on any atom is 0.263 e. The SMILES string of the molecule is Cc1ccn2cc(-c3ccc(NS(=O)(=O)c4ccccc4Cl)cc3)nc2n1. The van der Waals surface area contributed by atoms with Gasteiger partial charge in [-0.25, -0.2) is 18.4 Å². The predicted molar refractivity (Wildman–Crippen MR) is 105 cm³/mol. The molecule has 0 aliphatic carbocycles. The van der Waals surface area contributed by atoms with E-state index in [2.05, 4.69) is 14.7 Å². The van der Waals surface area contributed by atoms with Crippen LogP contribution in [0.2, 0.25) is 5.02 Å². The second kappa shape index (κ2) is 6.68. The average Bonchev–Trinajstić information content (AvgIpc) is 3.05. The van der Waals surface area contributed by atoms with E-state index in [1.165, 1.54) is 6.07 Å². The molecule has 0 fully saturated rings. The van der Waals surface area contributed by atoms with Crippen LogP contribution >= 0.6 is 11.6 Å². The molecule has 2 aromatic carbocycles. The van der Waals surface area contributed by atoms with Crippen LogP contribution in [-0.2, 0) is 10.0 Å². The molecular formula is C19H15ClN4O2S. The molecule has 8 heteroatoms. The molecule has 0 radical (unpaired) electrons. The first-order valence-corrected chi connectivity index (χ1v) is 9.99. The Balaban J connectivity index is 1.61. The molecule has 0 bridgehead atoms. The number of hydrogen-bond donors (Lipinski definition) is 1. The van der Waals surface area contributed by atoms with Gasteiger partial charge in [0.25, 0.3) is 10.0 Å². The standard InChI is InChI=1S/C19H15ClN4O2S/c1-13-10-11-24-12-17(22-19(24)21-13)14-6-8-15(9-7-14)23-27(25,26)18-5-3-2-4-16(18)20/h2-12,23H,1H3. The molecular weight excluding hydrogens is 384 g/mol. The van der Waals surface area contributed by atoms with Crippen LogP contribution in [0.25, 0.3) is 17.0 Å². The maximum absolute atomic E-state index is 12.5. The molecule has 0 aliphatic rings. The summed E-state index contributed by atoms with van der Waals surface area (Å²) in [6.45, 7) is 1.91.